The van der Waals surface area contributed by atoms with Crippen molar-refractivity contribution in [3.05, 3.63) is 54.1 Å². The average Bonchev–Trinajstić information content (AvgIpc) is 2.68. The van der Waals surface area contributed by atoms with Crippen LogP contribution in [0.3, 0.4) is 0 Å². The molecule has 0 aliphatic carbocycles. The fourth-order valence-corrected chi connectivity index (χ4v) is 4.04. The Morgan fingerprint density at radius 2 is 1.96 bits per heavy atom. The molecule has 2 aromatic carbocycles. The Morgan fingerprint density at radius 3 is 2.74 bits per heavy atom. The minimum Gasteiger partial charge on any atom is -0.497 e. The normalized spacial score (nSPS) is 17.8. The van der Waals surface area contributed by atoms with Crippen molar-refractivity contribution in [3.63, 3.8) is 0 Å². The van der Waals surface area contributed by atoms with Gasteiger partial charge >= 0.3 is 0 Å². The second kappa shape index (κ2) is 7.19. The average molecular weight is 382 g/mol. The van der Waals surface area contributed by atoms with Gasteiger partial charge in [-0.25, -0.2) is 0 Å². The van der Waals surface area contributed by atoms with Crippen LogP contribution in [0.25, 0.3) is 0 Å². The van der Waals surface area contributed by atoms with Crippen molar-refractivity contribution in [2.75, 3.05) is 25.5 Å². The van der Waals surface area contributed by atoms with Gasteiger partial charge in [0.15, 0.2) is 10.9 Å². The number of hydrogen-bond donors (Lipinski definition) is 1. The van der Waals surface area contributed by atoms with Crippen molar-refractivity contribution >= 4 is 28.8 Å². The lowest BCUT2D eigenvalue weighted by atomic mass is 9.82. The fraction of sp³-hybridized carbons (Fsp3) is 0.333. The Balaban J connectivity index is 1.40. The van der Waals surface area contributed by atoms with Crippen LogP contribution in [0.5, 0.6) is 11.5 Å². The number of para-hydroxylation sites is 1. The van der Waals surface area contributed by atoms with Crippen LogP contribution in [0, 0.1) is 0 Å². The van der Waals surface area contributed by atoms with Gasteiger partial charge in [0.05, 0.1) is 19.1 Å². The van der Waals surface area contributed by atoms with E-state index in [1.165, 1.54) is 0 Å². The highest BCUT2D eigenvalue weighted by atomic mass is 32.1. The van der Waals surface area contributed by atoms with E-state index in [1.54, 1.807) is 7.11 Å². The molecule has 140 valence electrons. The summed E-state index contributed by atoms with van der Waals surface area (Å²) in [6.07, 6.45) is 1.98. The molecule has 4 rings (SSSR count). The predicted molar refractivity (Wildman–Crippen MR) is 109 cm³/mol. The van der Waals surface area contributed by atoms with Crippen LogP contribution < -0.4 is 14.8 Å². The molecule has 2 heterocycles. The number of thiocarbonyl (C=S) groups is 1. The van der Waals surface area contributed by atoms with Crippen molar-refractivity contribution in [1.29, 1.82) is 0 Å². The van der Waals surface area contributed by atoms with Crippen LogP contribution in [0.2, 0.25) is 0 Å². The molecule has 0 saturated carbocycles. The molecule has 0 aromatic heterocycles. The zero-order valence-corrected chi connectivity index (χ0v) is 16.1. The largest absolute Gasteiger partial charge is 0.497 e. The Morgan fingerprint density at radius 1 is 1.19 bits per heavy atom. The summed E-state index contributed by atoms with van der Waals surface area (Å²) in [5.41, 5.74) is 1.19. The van der Waals surface area contributed by atoms with Crippen LogP contribution in [0.15, 0.2) is 48.5 Å². The topological polar surface area (TPSA) is 50.8 Å². The SMILES string of the molecule is COc1cccc(NC(=S)N2CCC3(CC2)CC(=O)c2ccccc2O3)c1. The van der Waals surface area contributed by atoms with Crippen LogP contribution in [-0.4, -0.2) is 41.6 Å². The van der Waals surface area contributed by atoms with E-state index in [0.717, 1.165) is 37.4 Å². The van der Waals surface area contributed by atoms with Crippen molar-refractivity contribution < 1.29 is 14.3 Å². The molecule has 0 unspecified atom stereocenters. The number of likely N-dealkylation sites (tertiary alicyclic amines) is 1. The number of carbonyl (C=O) groups is 1. The third kappa shape index (κ3) is 3.62. The molecule has 1 saturated heterocycles. The monoisotopic (exact) mass is 382 g/mol. The number of methoxy groups -OCH3 is 1. The molecule has 1 N–H and O–H groups in total. The molecular formula is C21H22N2O3S. The lowest BCUT2D eigenvalue weighted by Gasteiger charge is -2.44. The van der Waals surface area contributed by atoms with Gasteiger partial charge in [0.2, 0.25) is 0 Å². The number of piperidine rings is 1. The first kappa shape index (κ1) is 17.8. The molecule has 0 atom stereocenters. The van der Waals surface area contributed by atoms with Crippen molar-refractivity contribution in [2.24, 2.45) is 0 Å². The van der Waals surface area contributed by atoms with Crippen molar-refractivity contribution in [2.45, 2.75) is 24.9 Å². The first-order valence-electron chi connectivity index (χ1n) is 9.10. The number of hydrogen-bond acceptors (Lipinski definition) is 4. The number of ether oxygens (including phenoxy) is 2. The molecule has 1 spiro atoms. The molecule has 0 radical (unpaired) electrons. The molecule has 5 nitrogen and oxygen atoms in total. The van der Waals surface area contributed by atoms with E-state index < -0.39 is 5.60 Å². The van der Waals surface area contributed by atoms with Gasteiger partial charge in [-0.2, -0.15) is 0 Å². The lowest BCUT2D eigenvalue weighted by molar-refractivity contribution is 0.00407. The summed E-state index contributed by atoms with van der Waals surface area (Å²) in [7, 11) is 1.64. The number of benzene rings is 2. The summed E-state index contributed by atoms with van der Waals surface area (Å²) in [5.74, 6) is 1.66. The molecule has 1 fully saturated rings. The minimum atomic E-state index is -0.409. The highest BCUT2D eigenvalue weighted by Crippen LogP contribution is 2.39. The number of anilines is 1. The van der Waals surface area contributed by atoms with Gasteiger partial charge in [0.1, 0.15) is 17.1 Å². The first-order chi connectivity index (χ1) is 13.1. The van der Waals surface area contributed by atoms with Gasteiger partial charge in [-0.1, -0.05) is 18.2 Å². The third-order valence-corrected chi connectivity index (χ3v) is 5.64. The van der Waals surface area contributed by atoms with E-state index in [0.29, 0.717) is 22.8 Å². The lowest BCUT2D eigenvalue weighted by Crippen LogP contribution is -2.52. The van der Waals surface area contributed by atoms with Gasteiger partial charge in [-0.05, 0) is 36.5 Å². The number of nitrogens with one attached hydrogen (secondary N) is 1. The molecule has 2 aromatic rings. The molecule has 6 heteroatoms. The Labute approximate surface area is 164 Å². The second-order valence-corrected chi connectivity index (χ2v) is 7.42. The van der Waals surface area contributed by atoms with Gasteiger partial charge in [0, 0.05) is 37.7 Å². The predicted octanol–water partition coefficient (Wildman–Crippen LogP) is 3.89. The molecule has 2 aliphatic heterocycles. The molecule has 0 amide bonds. The quantitative estimate of drug-likeness (QED) is 0.796. The Kier molecular flexibility index (Phi) is 4.74. The smallest absolute Gasteiger partial charge is 0.173 e. The van der Waals surface area contributed by atoms with Crippen LogP contribution in [-0.2, 0) is 0 Å². The first-order valence-corrected chi connectivity index (χ1v) is 9.51. The summed E-state index contributed by atoms with van der Waals surface area (Å²) in [6.45, 7) is 1.51. The van der Waals surface area contributed by atoms with Crippen molar-refractivity contribution in [1.82, 2.24) is 4.90 Å². The summed E-state index contributed by atoms with van der Waals surface area (Å²) >= 11 is 5.58. The number of rotatable bonds is 2. The number of carbonyl (C=O) groups excluding carboxylic acids is 1. The van der Waals surface area contributed by atoms with Gasteiger partial charge in [-0.3, -0.25) is 4.79 Å². The van der Waals surface area contributed by atoms with E-state index >= 15 is 0 Å². The van der Waals surface area contributed by atoms with Crippen LogP contribution in [0.1, 0.15) is 29.6 Å². The number of nitrogens with zero attached hydrogens (tertiary/aromatic N) is 1. The summed E-state index contributed by atoms with van der Waals surface area (Å²) in [4.78, 5) is 14.7. The molecule has 2 aliphatic rings. The van der Waals surface area contributed by atoms with Crippen LogP contribution >= 0.6 is 12.2 Å². The number of ketones is 1. The maximum Gasteiger partial charge on any atom is 0.173 e. The van der Waals surface area contributed by atoms with Gasteiger partial charge in [0.25, 0.3) is 0 Å². The molecule has 0 bridgehead atoms. The zero-order chi connectivity index (χ0) is 18.9. The Bertz CT molecular complexity index is 875. The second-order valence-electron chi connectivity index (χ2n) is 7.03. The van der Waals surface area contributed by atoms with E-state index in [4.69, 9.17) is 21.7 Å². The molecule has 27 heavy (non-hydrogen) atoms. The highest BCUT2D eigenvalue weighted by molar-refractivity contribution is 7.80. The highest BCUT2D eigenvalue weighted by Gasteiger charge is 2.43. The standard InChI is InChI=1S/C21H22N2O3S/c1-25-16-6-4-5-15(13-16)22-20(27)23-11-9-21(10-12-23)14-18(24)17-7-2-3-8-19(17)26-21/h2-8,13H,9-12,14H2,1H3,(H,22,27). The van der Waals surface area contributed by atoms with Crippen molar-refractivity contribution in [3.8, 4) is 11.5 Å². The van der Waals surface area contributed by atoms with E-state index in [-0.39, 0.29) is 5.78 Å². The number of Topliss-reactive ketones (excluding diaryl/α,β-unsaturated/α-hetero) is 1. The third-order valence-electron chi connectivity index (χ3n) is 5.28. The van der Waals surface area contributed by atoms with Crippen LogP contribution in [0.4, 0.5) is 5.69 Å². The summed E-state index contributed by atoms with van der Waals surface area (Å²) < 4.78 is 11.5. The molecular weight excluding hydrogens is 360 g/mol. The maximum absolute atomic E-state index is 12.5. The van der Waals surface area contributed by atoms with Gasteiger partial charge in [-0.15, -0.1) is 0 Å². The van der Waals surface area contributed by atoms with E-state index in [2.05, 4.69) is 10.2 Å². The Hall–Kier alpha value is -2.60. The summed E-state index contributed by atoms with van der Waals surface area (Å²) in [6, 6.07) is 15.2. The van der Waals surface area contributed by atoms with Gasteiger partial charge < -0.3 is 19.7 Å². The van der Waals surface area contributed by atoms with E-state index in [1.807, 2.05) is 48.5 Å². The number of fused-ring (bicyclic) bond motifs is 1. The van der Waals surface area contributed by atoms with E-state index in [9.17, 15) is 4.79 Å². The minimum absolute atomic E-state index is 0.169. The summed E-state index contributed by atoms with van der Waals surface area (Å²) in [5, 5.41) is 3.95. The maximum atomic E-state index is 12.5. The zero-order valence-electron chi connectivity index (χ0n) is 15.2. The fourth-order valence-electron chi connectivity index (χ4n) is 3.74.